The molecule has 0 saturated heterocycles. The first-order chi connectivity index (χ1) is 7.63. The Morgan fingerprint density at radius 2 is 2.25 bits per heavy atom. The molecule has 3 nitrogen and oxygen atoms in total. The lowest BCUT2D eigenvalue weighted by Gasteiger charge is -2.11. The van der Waals surface area contributed by atoms with Crippen molar-refractivity contribution in [1.82, 2.24) is 4.98 Å². The number of pyridine rings is 1. The van der Waals surface area contributed by atoms with Gasteiger partial charge >= 0.3 is 0 Å². The van der Waals surface area contributed by atoms with Crippen LogP contribution in [0.15, 0.2) is 18.5 Å². The SMILES string of the molecule is CCCOc1cncc(C(C)CC(C)=O)c1. The summed E-state index contributed by atoms with van der Waals surface area (Å²) in [6, 6.07) is 1.97. The highest BCUT2D eigenvalue weighted by atomic mass is 16.5. The number of ketones is 1. The molecule has 0 bridgehead atoms. The van der Waals surface area contributed by atoms with Crippen molar-refractivity contribution in [3.63, 3.8) is 0 Å². The van der Waals surface area contributed by atoms with Crippen LogP contribution in [0.5, 0.6) is 5.75 Å². The van der Waals surface area contributed by atoms with Gasteiger partial charge in [-0.2, -0.15) is 0 Å². The summed E-state index contributed by atoms with van der Waals surface area (Å²) in [5.74, 6) is 1.19. The van der Waals surface area contributed by atoms with Crippen LogP contribution in [0.3, 0.4) is 0 Å². The Bertz CT molecular complexity index is 350. The Morgan fingerprint density at radius 3 is 2.88 bits per heavy atom. The Labute approximate surface area is 96.8 Å². The molecule has 3 heteroatoms. The first-order valence-corrected chi connectivity index (χ1v) is 5.70. The average molecular weight is 221 g/mol. The van der Waals surface area contributed by atoms with E-state index in [0.29, 0.717) is 13.0 Å². The number of Topliss-reactive ketones (excluding diaryl/α,β-unsaturated/α-hetero) is 1. The standard InChI is InChI=1S/C13H19NO2/c1-4-5-16-13-7-12(8-14-9-13)10(2)6-11(3)15/h7-10H,4-6H2,1-3H3. The summed E-state index contributed by atoms with van der Waals surface area (Å²) >= 11 is 0. The Hall–Kier alpha value is -1.38. The number of ether oxygens (including phenoxy) is 1. The minimum Gasteiger partial charge on any atom is -0.492 e. The topological polar surface area (TPSA) is 39.2 Å². The van der Waals surface area contributed by atoms with Crippen LogP contribution < -0.4 is 4.74 Å². The quantitative estimate of drug-likeness (QED) is 0.741. The third-order valence-corrected chi connectivity index (χ3v) is 2.37. The lowest BCUT2D eigenvalue weighted by Crippen LogP contribution is -2.02. The van der Waals surface area contributed by atoms with E-state index in [0.717, 1.165) is 17.7 Å². The first-order valence-electron chi connectivity index (χ1n) is 5.70. The predicted octanol–water partition coefficient (Wildman–Crippen LogP) is 2.95. The highest BCUT2D eigenvalue weighted by Crippen LogP contribution is 2.22. The van der Waals surface area contributed by atoms with Gasteiger partial charge in [0, 0.05) is 12.6 Å². The summed E-state index contributed by atoms with van der Waals surface area (Å²) in [6.07, 6.45) is 5.04. The number of aromatic nitrogens is 1. The summed E-state index contributed by atoms with van der Waals surface area (Å²) in [5.41, 5.74) is 1.06. The van der Waals surface area contributed by atoms with Crippen molar-refractivity contribution in [3.05, 3.63) is 24.0 Å². The van der Waals surface area contributed by atoms with Gasteiger partial charge in [0.2, 0.25) is 0 Å². The molecule has 16 heavy (non-hydrogen) atoms. The molecule has 0 radical (unpaired) electrons. The van der Waals surface area contributed by atoms with Crippen LogP contribution in [0, 0.1) is 0 Å². The molecule has 88 valence electrons. The molecule has 0 aliphatic carbocycles. The molecular weight excluding hydrogens is 202 g/mol. The third-order valence-electron chi connectivity index (χ3n) is 2.37. The number of hydrogen-bond donors (Lipinski definition) is 0. The van der Waals surface area contributed by atoms with E-state index >= 15 is 0 Å². The van der Waals surface area contributed by atoms with Gasteiger partial charge in [-0.15, -0.1) is 0 Å². The summed E-state index contributed by atoms with van der Waals surface area (Å²) in [7, 11) is 0. The molecule has 0 aliphatic rings. The van der Waals surface area contributed by atoms with E-state index in [1.54, 1.807) is 19.3 Å². The van der Waals surface area contributed by atoms with Crippen LogP contribution >= 0.6 is 0 Å². The molecule has 0 N–H and O–H groups in total. The molecule has 1 unspecified atom stereocenters. The van der Waals surface area contributed by atoms with Gasteiger partial charge in [0.25, 0.3) is 0 Å². The van der Waals surface area contributed by atoms with Crippen LogP contribution in [0.4, 0.5) is 0 Å². The minimum absolute atomic E-state index is 0.201. The zero-order valence-electron chi connectivity index (χ0n) is 10.2. The normalized spacial score (nSPS) is 12.2. The van der Waals surface area contributed by atoms with Crippen molar-refractivity contribution in [3.8, 4) is 5.75 Å². The van der Waals surface area contributed by atoms with Crippen LogP contribution in [0.25, 0.3) is 0 Å². The van der Waals surface area contributed by atoms with Crippen LogP contribution in [0.1, 0.15) is 45.1 Å². The predicted molar refractivity (Wildman–Crippen MR) is 63.7 cm³/mol. The van der Waals surface area contributed by atoms with Crippen molar-refractivity contribution in [1.29, 1.82) is 0 Å². The summed E-state index contributed by atoms with van der Waals surface area (Å²) in [5, 5.41) is 0. The summed E-state index contributed by atoms with van der Waals surface area (Å²) in [4.78, 5) is 15.2. The molecule has 0 aliphatic heterocycles. The zero-order chi connectivity index (χ0) is 12.0. The van der Waals surface area contributed by atoms with Gasteiger partial charge in [-0.05, 0) is 30.9 Å². The van der Waals surface area contributed by atoms with Crippen LogP contribution in [-0.4, -0.2) is 17.4 Å². The Balaban J connectivity index is 2.69. The molecule has 0 aromatic carbocycles. The van der Waals surface area contributed by atoms with Crippen molar-refractivity contribution in [2.45, 2.75) is 39.5 Å². The second-order valence-electron chi connectivity index (χ2n) is 4.11. The molecular formula is C13H19NO2. The lowest BCUT2D eigenvalue weighted by molar-refractivity contribution is -0.117. The summed E-state index contributed by atoms with van der Waals surface area (Å²) < 4.78 is 5.50. The summed E-state index contributed by atoms with van der Waals surface area (Å²) in [6.45, 7) is 6.41. The molecule has 1 aromatic rings. The molecule has 1 rings (SSSR count). The number of carbonyl (C=O) groups is 1. The van der Waals surface area contributed by atoms with Crippen molar-refractivity contribution in [2.75, 3.05) is 6.61 Å². The molecule has 0 saturated carbocycles. The zero-order valence-corrected chi connectivity index (χ0v) is 10.2. The monoisotopic (exact) mass is 221 g/mol. The minimum atomic E-state index is 0.201. The van der Waals surface area contributed by atoms with E-state index in [-0.39, 0.29) is 11.7 Å². The van der Waals surface area contributed by atoms with Gasteiger partial charge in [-0.3, -0.25) is 4.98 Å². The van der Waals surface area contributed by atoms with Gasteiger partial charge in [0.05, 0.1) is 12.8 Å². The molecule has 0 spiro atoms. The average Bonchev–Trinajstić information content (AvgIpc) is 2.26. The van der Waals surface area contributed by atoms with E-state index in [4.69, 9.17) is 4.74 Å². The second-order valence-corrected chi connectivity index (χ2v) is 4.11. The van der Waals surface area contributed by atoms with Gasteiger partial charge in [-0.25, -0.2) is 0 Å². The third kappa shape index (κ3) is 4.01. The smallest absolute Gasteiger partial charge is 0.137 e. The fourth-order valence-corrected chi connectivity index (χ4v) is 1.55. The maximum absolute atomic E-state index is 11.0. The van der Waals surface area contributed by atoms with E-state index in [1.165, 1.54) is 0 Å². The highest BCUT2D eigenvalue weighted by molar-refractivity contribution is 5.76. The molecule has 1 aromatic heterocycles. The van der Waals surface area contributed by atoms with Gasteiger partial charge in [-0.1, -0.05) is 13.8 Å². The van der Waals surface area contributed by atoms with Crippen LogP contribution in [-0.2, 0) is 4.79 Å². The van der Waals surface area contributed by atoms with E-state index in [9.17, 15) is 4.79 Å². The fraction of sp³-hybridized carbons (Fsp3) is 0.538. The largest absolute Gasteiger partial charge is 0.492 e. The molecule has 0 amide bonds. The fourth-order valence-electron chi connectivity index (χ4n) is 1.55. The Morgan fingerprint density at radius 1 is 1.50 bits per heavy atom. The highest BCUT2D eigenvalue weighted by Gasteiger charge is 2.09. The van der Waals surface area contributed by atoms with Crippen molar-refractivity contribution >= 4 is 5.78 Å². The van der Waals surface area contributed by atoms with Gasteiger partial charge < -0.3 is 9.53 Å². The van der Waals surface area contributed by atoms with E-state index < -0.39 is 0 Å². The molecule has 0 fully saturated rings. The first kappa shape index (κ1) is 12.7. The van der Waals surface area contributed by atoms with E-state index in [1.807, 2.05) is 13.0 Å². The van der Waals surface area contributed by atoms with Gasteiger partial charge in [0.15, 0.2) is 0 Å². The number of hydrogen-bond acceptors (Lipinski definition) is 3. The molecule has 1 atom stereocenters. The molecule has 1 heterocycles. The number of rotatable bonds is 6. The van der Waals surface area contributed by atoms with Gasteiger partial charge in [0.1, 0.15) is 11.5 Å². The Kier molecular flexibility index (Phi) is 4.96. The van der Waals surface area contributed by atoms with Crippen molar-refractivity contribution in [2.24, 2.45) is 0 Å². The number of carbonyl (C=O) groups excluding carboxylic acids is 1. The van der Waals surface area contributed by atoms with Crippen LogP contribution in [0.2, 0.25) is 0 Å². The lowest BCUT2D eigenvalue weighted by atomic mass is 9.98. The second kappa shape index (κ2) is 6.26. The van der Waals surface area contributed by atoms with Crippen molar-refractivity contribution < 1.29 is 9.53 Å². The maximum atomic E-state index is 11.0. The maximum Gasteiger partial charge on any atom is 0.137 e. The van der Waals surface area contributed by atoms with E-state index in [2.05, 4.69) is 11.9 Å². The number of nitrogens with zero attached hydrogens (tertiary/aromatic N) is 1.